The van der Waals surface area contributed by atoms with Crippen LogP contribution in [0.1, 0.15) is 5.56 Å². The summed E-state index contributed by atoms with van der Waals surface area (Å²) in [5.41, 5.74) is 1.77. The minimum absolute atomic E-state index is 0.228. The number of imide groups is 1. The molecular weight excluding hydrogens is 574 g/mol. The number of halogens is 2. The van der Waals surface area contributed by atoms with E-state index in [-0.39, 0.29) is 17.4 Å². The Bertz CT molecular complexity index is 1120. The quantitative estimate of drug-likeness (QED) is 0.471. The summed E-state index contributed by atoms with van der Waals surface area (Å²) in [7, 11) is 1.54. The fourth-order valence-corrected chi connectivity index (χ4v) is 6.02. The lowest BCUT2D eigenvalue weighted by Gasteiger charge is -2.36. The fourth-order valence-electron chi connectivity index (χ4n) is 3.77. The van der Waals surface area contributed by atoms with Crippen LogP contribution in [0.4, 0.5) is 10.5 Å². The first-order valence-electron chi connectivity index (χ1n) is 10.2. The predicted molar refractivity (Wildman–Crippen MR) is 136 cm³/mol. The molecule has 0 radical (unpaired) electrons. The van der Waals surface area contributed by atoms with E-state index in [4.69, 9.17) is 4.74 Å². The standard InChI is InChI=1S/C23H21Br2N3O4S/c1-32-21-15(11-16(24)13-18(21)25)12-19-22(30)28(23(31)33-19)14-20(29)27-9-7-26(8-10-27)17-5-3-2-4-6-17/h2-6,11-13H,7-10,14H2,1H3/b19-12+. The lowest BCUT2D eigenvalue weighted by molar-refractivity contribution is -0.136. The highest BCUT2D eigenvalue weighted by atomic mass is 79.9. The monoisotopic (exact) mass is 593 g/mol. The van der Waals surface area contributed by atoms with Gasteiger partial charge in [0, 0.05) is 41.9 Å². The van der Waals surface area contributed by atoms with Gasteiger partial charge in [-0.3, -0.25) is 19.3 Å². The van der Waals surface area contributed by atoms with E-state index in [0.29, 0.717) is 37.5 Å². The minimum atomic E-state index is -0.473. The molecule has 0 aliphatic carbocycles. The average molecular weight is 595 g/mol. The third kappa shape index (κ3) is 5.28. The summed E-state index contributed by atoms with van der Waals surface area (Å²) in [6.07, 6.45) is 1.61. The number of benzene rings is 2. The van der Waals surface area contributed by atoms with Crippen LogP contribution >= 0.6 is 43.6 Å². The number of carbonyl (C=O) groups excluding carboxylic acids is 3. The van der Waals surface area contributed by atoms with Crippen LogP contribution in [0.3, 0.4) is 0 Å². The normalized spacial score (nSPS) is 17.8. The molecule has 3 amide bonds. The maximum Gasteiger partial charge on any atom is 0.294 e. The van der Waals surface area contributed by atoms with Crippen molar-refractivity contribution in [1.29, 1.82) is 0 Å². The van der Waals surface area contributed by atoms with Crippen molar-refractivity contribution in [3.05, 3.63) is 61.9 Å². The first-order chi connectivity index (χ1) is 15.9. The molecule has 2 saturated heterocycles. The van der Waals surface area contributed by atoms with Gasteiger partial charge in [-0.2, -0.15) is 0 Å². The summed E-state index contributed by atoms with van der Waals surface area (Å²) in [5, 5.41) is -0.449. The first kappa shape index (κ1) is 23.8. The van der Waals surface area contributed by atoms with Crippen LogP contribution in [0.15, 0.2) is 56.3 Å². The molecule has 2 aliphatic rings. The van der Waals surface area contributed by atoms with Crippen LogP contribution in [0, 0.1) is 0 Å². The molecule has 0 saturated carbocycles. The molecule has 2 aromatic carbocycles. The van der Waals surface area contributed by atoms with Gasteiger partial charge in [0.05, 0.1) is 16.5 Å². The number of anilines is 1. The zero-order valence-electron chi connectivity index (χ0n) is 17.8. The number of methoxy groups -OCH3 is 1. The van der Waals surface area contributed by atoms with E-state index in [1.54, 1.807) is 17.0 Å². The summed E-state index contributed by atoms with van der Waals surface area (Å²) >= 11 is 7.69. The first-order valence-corrected chi connectivity index (χ1v) is 12.6. The summed E-state index contributed by atoms with van der Waals surface area (Å²) in [4.78, 5) is 43.5. The van der Waals surface area contributed by atoms with Gasteiger partial charge in [0.2, 0.25) is 5.91 Å². The van der Waals surface area contributed by atoms with E-state index in [1.165, 1.54) is 7.11 Å². The van der Waals surface area contributed by atoms with Crippen molar-refractivity contribution in [2.24, 2.45) is 0 Å². The molecule has 0 spiro atoms. The molecule has 4 rings (SSSR count). The van der Waals surface area contributed by atoms with Crippen molar-refractivity contribution in [2.45, 2.75) is 0 Å². The molecule has 7 nitrogen and oxygen atoms in total. The number of rotatable bonds is 5. The van der Waals surface area contributed by atoms with Crippen LogP contribution in [0.5, 0.6) is 5.75 Å². The largest absolute Gasteiger partial charge is 0.495 e. The van der Waals surface area contributed by atoms with Crippen molar-refractivity contribution in [3.8, 4) is 5.75 Å². The van der Waals surface area contributed by atoms with Gasteiger partial charge >= 0.3 is 0 Å². The molecule has 10 heteroatoms. The Morgan fingerprint density at radius 2 is 1.79 bits per heavy atom. The second kappa shape index (κ2) is 10.3. The number of hydrogen-bond donors (Lipinski definition) is 0. The lowest BCUT2D eigenvalue weighted by atomic mass is 10.2. The minimum Gasteiger partial charge on any atom is -0.495 e. The van der Waals surface area contributed by atoms with Gasteiger partial charge in [-0.05, 0) is 58.0 Å². The summed E-state index contributed by atoms with van der Waals surface area (Å²) < 4.78 is 6.93. The van der Waals surface area contributed by atoms with E-state index in [2.05, 4.69) is 36.8 Å². The Labute approximate surface area is 213 Å². The Morgan fingerprint density at radius 1 is 1.09 bits per heavy atom. The number of ether oxygens (including phenoxy) is 1. The van der Waals surface area contributed by atoms with Gasteiger partial charge in [0.15, 0.2) is 0 Å². The van der Waals surface area contributed by atoms with Gasteiger partial charge < -0.3 is 14.5 Å². The highest BCUT2D eigenvalue weighted by Gasteiger charge is 2.37. The zero-order valence-corrected chi connectivity index (χ0v) is 21.8. The molecule has 2 fully saturated rings. The van der Waals surface area contributed by atoms with Crippen LogP contribution in [0.25, 0.3) is 6.08 Å². The van der Waals surface area contributed by atoms with Gasteiger partial charge in [0.1, 0.15) is 12.3 Å². The van der Waals surface area contributed by atoms with Gasteiger partial charge in [-0.15, -0.1) is 0 Å². The number of para-hydroxylation sites is 1. The molecule has 0 aromatic heterocycles. The zero-order chi connectivity index (χ0) is 23.5. The van der Waals surface area contributed by atoms with Crippen molar-refractivity contribution in [2.75, 3.05) is 44.7 Å². The molecule has 33 heavy (non-hydrogen) atoms. The number of hydrogen-bond acceptors (Lipinski definition) is 6. The van der Waals surface area contributed by atoms with Crippen molar-refractivity contribution in [3.63, 3.8) is 0 Å². The third-order valence-corrected chi connectivity index (χ3v) is 7.40. The highest BCUT2D eigenvalue weighted by molar-refractivity contribution is 9.11. The number of piperazine rings is 1. The van der Waals surface area contributed by atoms with E-state index in [0.717, 1.165) is 31.3 Å². The molecular formula is C23H21Br2N3O4S. The highest BCUT2D eigenvalue weighted by Crippen LogP contribution is 2.38. The molecule has 0 unspecified atom stereocenters. The van der Waals surface area contributed by atoms with Crippen LogP contribution in [-0.4, -0.2) is 66.7 Å². The van der Waals surface area contributed by atoms with Crippen LogP contribution < -0.4 is 9.64 Å². The number of nitrogens with zero attached hydrogens (tertiary/aromatic N) is 3. The SMILES string of the molecule is COc1c(Br)cc(Br)cc1/C=C1/SC(=O)N(CC(=O)N2CCN(c3ccccc3)CC2)C1=O. The number of carbonyl (C=O) groups is 3. The van der Waals surface area contributed by atoms with Gasteiger partial charge in [0.25, 0.3) is 11.1 Å². The summed E-state index contributed by atoms with van der Waals surface area (Å²) in [5.74, 6) is -0.147. The molecule has 0 atom stereocenters. The Kier molecular flexibility index (Phi) is 7.45. The predicted octanol–water partition coefficient (Wildman–Crippen LogP) is 4.61. The lowest BCUT2D eigenvalue weighted by Crippen LogP contribution is -2.51. The Hall–Kier alpha value is -2.30. The molecule has 2 aromatic rings. The van der Waals surface area contributed by atoms with Crippen molar-refractivity contribution < 1.29 is 19.1 Å². The average Bonchev–Trinajstić information content (AvgIpc) is 3.07. The van der Waals surface area contributed by atoms with Gasteiger partial charge in [-0.25, -0.2) is 0 Å². The summed E-state index contributed by atoms with van der Waals surface area (Å²) in [6.45, 7) is 2.24. The number of thioether (sulfide) groups is 1. The Balaban J connectivity index is 1.42. The maximum atomic E-state index is 12.9. The maximum absolute atomic E-state index is 12.9. The Morgan fingerprint density at radius 3 is 2.45 bits per heavy atom. The smallest absolute Gasteiger partial charge is 0.294 e. The van der Waals surface area contributed by atoms with E-state index >= 15 is 0 Å². The fraction of sp³-hybridized carbons (Fsp3) is 0.261. The van der Waals surface area contributed by atoms with Crippen LogP contribution in [-0.2, 0) is 9.59 Å². The second-order valence-electron chi connectivity index (χ2n) is 7.48. The molecule has 172 valence electrons. The molecule has 0 N–H and O–H groups in total. The number of amides is 3. The van der Waals surface area contributed by atoms with E-state index in [1.807, 2.05) is 36.4 Å². The third-order valence-electron chi connectivity index (χ3n) is 5.45. The van der Waals surface area contributed by atoms with E-state index < -0.39 is 11.1 Å². The van der Waals surface area contributed by atoms with E-state index in [9.17, 15) is 14.4 Å². The molecule has 2 heterocycles. The second-order valence-corrected chi connectivity index (χ2v) is 10.2. The molecule has 0 bridgehead atoms. The molecule has 2 aliphatic heterocycles. The summed E-state index contributed by atoms with van der Waals surface area (Å²) in [6, 6.07) is 13.7. The topological polar surface area (TPSA) is 70.2 Å². The van der Waals surface area contributed by atoms with Crippen molar-refractivity contribution >= 4 is 72.4 Å². The van der Waals surface area contributed by atoms with Crippen LogP contribution in [0.2, 0.25) is 0 Å². The van der Waals surface area contributed by atoms with Gasteiger partial charge in [-0.1, -0.05) is 34.1 Å². The van der Waals surface area contributed by atoms with Crippen molar-refractivity contribution in [1.82, 2.24) is 9.80 Å².